The fraction of sp³-hybridized carbons (Fsp3) is 0.188. The summed E-state index contributed by atoms with van der Waals surface area (Å²) < 4.78 is 32.2. The number of amides is 1. The Balaban J connectivity index is 1.41. The minimum atomic E-state index is -0.615. The normalized spacial score (nSPS) is 11.0. The second-order valence-electron chi connectivity index (χ2n) is 9.88. The molecule has 1 amide bonds. The topological polar surface area (TPSA) is 105 Å². The van der Waals surface area contributed by atoms with Gasteiger partial charge in [-0.1, -0.05) is 12.1 Å². The summed E-state index contributed by atoms with van der Waals surface area (Å²) in [5.41, 5.74) is 1.70. The lowest BCUT2D eigenvalue weighted by molar-refractivity contribution is 0.102. The fourth-order valence-electron chi connectivity index (χ4n) is 4.45. The molecule has 0 atom stereocenters. The highest BCUT2D eigenvalue weighted by atomic mass is 19.1. The Morgan fingerprint density at radius 1 is 0.952 bits per heavy atom. The summed E-state index contributed by atoms with van der Waals surface area (Å²) >= 11 is 0. The van der Waals surface area contributed by atoms with Gasteiger partial charge in [0.15, 0.2) is 11.5 Å². The number of hydrogen-bond donors (Lipinski definition) is 1. The Morgan fingerprint density at radius 3 is 2.31 bits per heavy atom. The van der Waals surface area contributed by atoms with E-state index in [1.165, 1.54) is 36.7 Å². The molecular weight excluding hydrogens is 539 g/mol. The van der Waals surface area contributed by atoms with E-state index in [0.717, 1.165) is 11.1 Å². The number of fused-ring (bicyclic) bond motifs is 1. The highest BCUT2D eigenvalue weighted by molar-refractivity contribution is 6.04. The number of rotatable bonds is 8. The van der Waals surface area contributed by atoms with Gasteiger partial charge in [0.1, 0.15) is 28.7 Å². The second kappa shape index (κ2) is 11.7. The third-order valence-electron chi connectivity index (χ3n) is 6.65. The van der Waals surface area contributed by atoms with E-state index >= 15 is 0 Å². The van der Waals surface area contributed by atoms with Gasteiger partial charge in [-0.2, -0.15) is 0 Å². The van der Waals surface area contributed by atoms with Crippen molar-refractivity contribution in [2.45, 2.75) is 26.8 Å². The molecule has 0 aliphatic carbocycles. The van der Waals surface area contributed by atoms with E-state index < -0.39 is 17.2 Å². The number of aromatic nitrogens is 3. The third kappa shape index (κ3) is 5.78. The van der Waals surface area contributed by atoms with Crippen LogP contribution in [0.1, 0.15) is 35.9 Å². The van der Waals surface area contributed by atoms with E-state index in [4.69, 9.17) is 14.2 Å². The van der Waals surface area contributed by atoms with Crippen molar-refractivity contribution in [3.63, 3.8) is 0 Å². The van der Waals surface area contributed by atoms with E-state index in [1.807, 2.05) is 20.8 Å². The summed E-state index contributed by atoms with van der Waals surface area (Å²) in [5, 5.41) is 3.41. The number of carbonyl (C=O) groups is 1. The first-order valence-corrected chi connectivity index (χ1v) is 13.2. The van der Waals surface area contributed by atoms with Crippen LogP contribution in [0.2, 0.25) is 0 Å². The van der Waals surface area contributed by atoms with E-state index in [2.05, 4.69) is 15.3 Å². The lowest BCUT2D eigenvalue weighted by Gasteiger charge is -2.15. The molecule has 3 aromatic heterocycles. The maximum Gasteiger partial charge on any atom is 0.262 e. The van der Waals surface area contributed by atoms with Crippen LogP contribution < -0.4 is 25.0 Å². The molecule has 0 unspecified atom stereocenters. The van der Waals surface area contributed by atoms with Crippen LogP contribution in [-0.4, -0.2) is 34.7 Å². The van der Waals surface area contributed by atoms with Crippen LogP contribution in [0.5, 0.6) is 23.0 Å². The number of pyridine rings is 3. The van der Waals surface area contributed by atoms with Crippen LogP contribution in [-0.2, 0) is 0 Å². The smallest absolute Gasteiger partial charge is 0.262 e. The molecule has 0 spiro atoms. The molecule has 10 heteroatoms. The SMILES string of the molecule is COc1cc2nc(C)cc(Oc3ccc(NC(=O)c4cn(C(C)C)cc(-c5ccc(F)cc5)c4=O)nc3)c2cc1OC. The van der Waals surface area contributed by atoms with Crippen molar-refractivity contribution in [1.82, 2.24) is 14.5 Å². The van der Waals surface area contributed by atoms with E-state index in [1.54, 1.807) is 55.3 Å². The Morgan fingerprint density at radius 2 is 1.67 bits per heavy atom. The van der Waals surface area contributed by atoms with Gasteiger partial charge in [0.2, 0.25) is 5.43 Å². The minimum absolute atomic E-state index is 0.0279. The van der Waals surface area contributed by atoms with Crippen molar-refractivity contribution in [1.29, 1.82) is 0 Å². The lowest BCUT2D eigenvalue weighted by atomic mass is 10.0. The number of anilines is 1. The molecule has 42 heavy (non-hydrogen) atoms. The molecule has 2 aromatic carbocycles. The monoisotopic (exact) mass is 568 g/mol. The number of carbonyl (C=O) groups excluding carboxylic acids is 1. The summed E-state index contributed by atoms with van der Waals surface area (Å²) in [6, 6.07) is 14.2. The van der Waals surface area contributed by atoms with E-state index in [9.17, 15) is 14.0 Å². The van der Waals surface area contributed by atoms with Gasteiger partial charge < -0.3 is 24.1 Å². The van der Waals surface area contributed by atoms with Gasteiger partial charge in [-0.05, 0) is 56.7 Å². The zero-order valence-corrected chi connectivity index (χ0v) is 23.8. The van der Waals surface area contributed by atoms with Gasteiger partial charge in [-0.25, -0.2) is 9.37 Å². The molecular formula is C32H29FN4O5. The predicted octanol–water partition coefficient (Wildman–Crippen LogP) is 6.55. The molecule has 0 radical (unpaired) electrons. The van der Waals surface area contributed by atoms with Crippen molar-refractivity contribution >= 4 is 22.6 Å². The molecule has 5 rings (SSSR count). The van der Waals surface area contributed by atoms with Gasteiger partial charge in [-0.15, -0.1) is 0 Å². The van der Waals surface area contributed by atoms with Crippen molar-refractivity contribution in [3.8, 4) is 34.1 Å². The molecule has 0 saturated heterocycles. The van der Waals surface area contributed by atoms with E-state index in [0.29, 0.717) is 39.6 Å². The maximum atomic E-state index is 13.5. The maximum absolute atomic E-state index is 13.5. The van der Waals surface area contributed by atoms with Gasteiger partial charge in [-0.3, -0.25) is 14.6 Å². The molecule has 1 N–H and O–H groups in total. The molecule has 0 bridgehead atoms. The zero-order valence-electron chi connectivity index (χ0n) is 23.8. The van der Waals surface area contributed by atoms with Crippen LogP contribution >= 0.6 is 0 Å². The van der Waals surface area contributed by atoms with Crippen molar-refractivity contribution < 1.29 is 23.4 Å². The van der Waals surface area contributed by atoms with Crippen molar-refractivity contribution in [2.75, 3.05) is 19.5 Å². The first kappa shape index (κ1) is 28.3. The number of halogens is 1. The lowest BCUT2D eigenvalue weighted by Crippen LogP contribution is -2.25. The van der Waals surface area contributed by atoms with Crippen LogP contribution in [0, 0.1) is 12.7 Å². The van der Waals surface area contributed by atoms with Gasteiger partial charge >= 0.3 is 0 Å². The number of methoxy groups -OCH3 is 2. The molecule has 5 aromatic rings. The number of nitrogens with zero attached hydrogens (tertiary/aromatic N) is 3. The second-order valence-corrected chi connectivity index (χ2v) is 9.88. The molecule has 0 aliphatic heterocycles. The molecule has 9 nitrogen and oxygen atoms in total. The highest BCUT2D eigenvalue weighted by Gasteiger charge is 2.18. The van der Waals surface area contributed by atoms with Gasteiger partial charge in [0, 0.05) is 47.2 Å². The third-order valence-corrected chi connectivity index (χ3v) is 6.65. The standard InChI is InChI=1S/C32H29FN4O5/c1-18(2)37-16-24(20-6-8-21(33)9-7-20)31(38)25(17-37)32(39)36-30-11-10-22(15-34-30)42-27-12-19(3)35-26-14-29(41-5)28(40-4)13-23(26)27/h6-18H,1-5H3,(H,34,36,39). The first-order chi connectivity index (χ1) is 20.2. The average Bonchev–Trinajstić information content (AvgIpc) is 2.97. The van der Waals surface area contributed by atoms with Crippen LogP contribution in [0.4, 0.5) is 10.2 Å². The minimum Gasteiger partial charge on any atom is -0.493 e. The van der Waals surface area contributed by atoms with Crippen LogP contribution in [0.25, 0.3) is 22.0 Å². The van der Waals surface area contributed by atoms with Crippen LogP contribution in [0.3, 0.4) is 0 Å². The molecule has 0 fully saturated rings. The Hall–Kier alpha value is -5.25. The zero-order chi connectivity index (χ0) is 30.0. The molecule has 0 aliphatic rings. The summed E-state index contributed by atoms with van der Waals surface area (Å²) in [7, 11) is 3.12. The largest absolute Gasteiger partial charge is 0.493 e. The number of hydrogen-bond acceptors (Lipinski definition) is 7. The fourth-order valence-corrected chi connectivity index (χ4v) is 4.45. The highest BCUT2D eigenvalue weighted by Crippen LogP contribution is 2.37. The van der Waals surface area contributed by atoms with E-state index in [-0.39, 0.29) is 17.4 Å². The van der Waals surface area contributed by atoms with Crippen LogP contribution in [0.15, 0.2) is 78.0 Å². The predicted molar refractivity (Wildman–Crippen MR) is 158 cm³/mol. The number of aryl methyl sites for hydroxylation is 1. The molecule has 0 saturated carbocycles. The quantitative estimate of drug-likeness (QED) is 0.226. The van der Waals surface area contributed by atoms with Gasteiger partial charge in [0.25, 0.3) is 5.91 Å². The number of nitrogens with one attached hydrogen (secondary N) is 1. The average molecular weight is 569 g/mol. The van der Waals surface area contributed by atoms with Crippen molar-refractivity contribution in [2.24, 2.45) is 0 Å². The summed E-state index contributed by atoms with van der Waals surface area (Å²) in [5.74, 6) is 1.27. The van der Waals surface area contributed by atoms with Gasteiger partial charge in [0.05, 0.1) is 25.9 Å². The molecule has 214 valence electrons. The first-order valence-electron chi connectivity index (χ1n) is 13.2. The molecule has 3 heterocycles. The Kier molecular flexibility index (Phi) is 7.88. The Bertz CT molecular complexity index is 1830. The summed E-state index contributed by atoms with van der Waals surface area (Å²) in [6.45, 7) is 5.72. The number of benzene rings is 2. The summed E-state index contributed by atoms with van der Waals surface area (Å²) in [6.07, 6.45) is 4.64. The van der Waals surface area contributed by atoms with Crippen molar-refractivity contribution in [3.05, 3.63) is 100 Å². The summed E-state index contributed by atoms with van der Waals surface area (Å²) in [4.78, 5) is 35.4. The number of ether oxygens (including phenoxy) is 3. The Labute approximate surface area is 241 Å².